The number of aliphatic hydroxyl groups is 1. The van der Waals surface area contributed by atoms with E-state index in [1.807, 2.05) is 0 Å². The van der Waals surface area contributed by atoms with E-state index in [2.05, 4.69) is 10.1 Å². The fourth-order valence-corrected chi connectivity index (χ4v) is 4.41. The predicted octanol–water partition coefficient (Wildman–Crippen LogP) is 2.58. The third kappa shape index (κ3) is 3.62. The molecule has 0 bridgehead atoms. The van der Waals surface area contributed by atoms with Crippen molar-refractivity contribution in [1.82, 2.24) is 14.8 Å². The number of nitrogen functional groups attached to an aromatic ring is 1. The minimum atomic E-state index is -1.28. The van der Waals surface area contributed by atoms with Crippen molar-refractivity contribution in [3.05, 3.63) is 59.9 Å². The van der Waals surface area contributed by atoms with Gasteiger partial charge in [-0.25, -0.2) is 14.1 Å². The topological polar surface area (TPSA) is 155 Å². The summed E-state index contributed by atoms with van der Waals surface area (Å²) in [6, 6.07) is 12.9. The molecular weight excluding hydrogens is 439 g/mol. The van der Waals surface area contributed by atoms with E-state index < -0.39 is 11.6 Å². The van der Waals surface area contributed by atoms with Gasteiger partial charge in [-0.05, 0) is 24.3 Å². The lowest BCUT2D eigenvalue weighted by atomic mass is 9.83. The zero-order valence-corrected chi connectivity index (χ0v) is 18.3. The molecule has 5 rings (SSSR count). The maximum atomic E-state index is 13.8. The Labute approximate surface area is 193 Å². The molecule has 0 unspecified atom stereocenters. The molecule has 0 radical (unpaired) electrons. The summed E-state index contributed by atoms with van der Waals surface area (Å²) in [6.07, 6.45) is 0.508. The van der Waals surface area contributed by atoms with Crippen LogP contribution in [0.5, 0.6) is 5.75 Å². The Kier molecular flexibility index (Phi) is 4.99. The van der Waals surface area contributed by atoms with Gasteiger partial charge >= 0.3 is 0 Å². The highest BCUT2D eigenvalue weighted by atomic mass is 19.1. The Bertz CT molecular complexity index is 1440. The number of anilines is 1. The van der Waals surface area contributed by atoms with Crippen LogP contribution in [0, 0.1) is 5.82 Å². The van der Waals surface area contributed by atoms with Gasteiger partial charge in [0.1, 0.15) is 34.4 Å². The lowest BCUT2D eigenvalue weighted by molar-refractivity contribution is -0.0643. The van der Waals surface area contributed by atoms with Crippen LogP contribution in [0.15, 0.2) is 48.5 Å². The number of hydrogen-bond donors (Lipinski definition) is 4. The molecule has 1 amide bonds. The van der Waals surface area contributed by atoms with Crippen LogP contribution in [-0.4, -0.2) is 38.6 Å². The normalized spacial score (nSPS) is 19.7. The SMILES string of the molecule is COc1cc(-c2cccc(F)c2)nc2cc(-c3nn(C4CC(N)(O)C4)c(N)c3C(N)=O)ccc12. The largest absolute Gasteiger partial charge is 0.496 e. The van der Waals surface area contributed by atoms with Gasteiger partial charge in [0.15, 0.2) is 0 Å². The Hall–Kier alpha value is -4.02. The molecule has 9 nitrogen and oxygen atoms in total. The molecular formula is C24H23FN6O3. The van der Waals surface area contributed by atoms with Crippen LogP contribution in [-0.2, 0) is 0 Å². The van der Waals surface area contributed by atoms with Crippen LogP contribution >= 0.6 is 0 Å². The zero-order valence-electron chi connectivity index (χ0n) is 18.3. The van der Waals surface area contributed by atoms with E-state index in [9.17, 15) is 14.3 Å². The van der Waals surface area contributed by atoms with Crippen molar-refractivity contribution in [2.24, 2.45) is 11.5 Å². The number of hydrogen-bond acceptors (Lipinski definition) is 7. The summed E-state index contributed by atoms with van der Waals surface area (Å²) in [5.41, 5.74) is 18.9. The number of primary amides is 1. The third-order valence-corrected chi connectivity index (χ3v) is 6.10. The second-order valence-corrected chi connectivity index (χ2v) is 8.54. The molecule has 10 heteroatoms. The van der Waals surface area contributed by atoms with Crippen molar-refractivity contribution >= 4 is 22.6 Å². The molecule has 1 fully saturated rings. The van der Waals surface area contributed by atoms with Gasteiger partial charge in [-0.2, -0.15) is 5.10 Å². The molecule has 1 aliphatic rings. The Morgan fingerprint density at radius 2 is 1.97 bits per heavy atom. The van der Waals surface area contributed by atoms with E-state index in [1.165, 1.54) is 16.8 Å². The first-order valence-corrected chi connectivity index (χ1v) is 10.6. The lowest BCUT2D eigenvalue weighted by Gasteiger charge is -2.40. The van der Waals surface area contributed by atoms with Crippen molar-refractivity contribution < 1.29 is 19.0 Å². The molecule has 2 heterocycles. The summed E-state index contributed by atoms with van der Waals surface area (Å²) < 4.78 is 20.8. The van der Waals surface area contributed by atoms with Crippen molar-refractivity contribution in [2.45, 2.75) is 24.6 Å². The number of rotatable bonds is 5. The average molecular weight is 462 g/mol. The van der Waals surface area contributed by atoms with E-state index in [0.29, 0.717) is 33.8 Å². The van der Waals surface area contributed by atoms with Crippen LogP contribution in [0.4, 0.5) is 10.2 Å². The number of amides is 1. The summed E-state index contributed by atoms with van der Waals surface area (Å²) in [4.78, 5) is 17.0. The number of carbonyl (C=O) groups excluding carboxylic acids is 1. The molecule has 2 aromatic heterocycles. The highest BCUT2D eigenvalue weighted by Crippen LogP contribution is 2.41. The van der Waals surface area contributed by atoms with Crippen molar-refractivity contribution in [3.8, 4) is 28.3 Å². The number of ether oxygens (including phenoxy) is 1. The van der Waals surface area contributed by atoms with Crippen molar-refractivity contribution in [2.75, 3.05) is 12.8 Å². The number of benzene rings is 2. The van der Waals surface area contributed by atoms with Gasteiger partial charge in [-0.1, -0.05) is 18.2 Å². The van der Waals surface area contributed by atoms with Gasteiger partial charge in [0.25, 0.3) is 5.91 Å². The number of pyridine rings is 1. The molecule has 0 saturated heterocycles. The molecule has 0 spiro atoms. The Morgan fingerprint density at radius 1 is 1.21 bits per heavy atom. The van der Waals surface area contributed by atoms with Gasteiger partial charge in [0, 0.05) is 35.4 Å². The molecule has 0 aliphatic heterocycles. The monoisotopic (exact) mass is 462 g/mol. The number of methoxy groups -OCH3 is 1. The summed E-state index contributed by atoms with van der Waals surface area (Å²) in [5.74, 6) is -0.422. The van der Waals surface area contributed by atoms with Crippen molar-refractivity contribution in [3.63, 3.8) is 0 Å². The molecule has 2 aromatic carbocycles. The standard InChI is InChI=1S/C24H23FN6O3/c1-34-19-9-17(12-3-2-4-14(25)7-12)29-18-8-13(5-6-16(18)19)21-20(23(27)32)22(26)31(30-21)15-10-24(28,33)11-15/h2-9,15,33H,10-11,26,28H2,1H3,(H2,27,32). The number of fused-ring (bicyclic) bond motifs is 1. The third-order valence-electron chi connectivity index (χ3n) is 6.10. The van der Waals surface area contributed by atoms with Crippen LogP contribution in [0.1, 0.15) is 29.2 Å². The fourth-order valence-electron chi connectivity index (χ4n) is 4.41. The molecule has 7 N–H and O–H groups in total. The smallest absolute Gasteiger partial charge is 0.254 e. The summed E-state index contributed by atoms with van der Waals surface area (Å²) >= 11 is 0. The van der Waals surface area contributed by atoms with E-state index >= 15 is 0 Å². The zero-order chi connectivity index (χ0) is 24.2. The van der Waals surface area contributed by atoms with Crippen LogP contribution < -0.4 is 21.9 Å². The van der Waals surface area contributed by atoms with E-state index in [0.717, 1.165) is 5.39 Å². The number of nitrogens with zero attached hydrogens (tertiary/aromatic N) is 3. The predicted molar refractivity (Wildman–Crippen MR) is 125 cm³/mol. The van der Waals surface area contributed by atoms with Crippen LogP contribution in [0.25, 0.3) is 33.4 Å². The van der Waals surface area contributed by atoms with E-state index in [1.54, 1.807) is 43.5 Å². The average Bonchev–Trinajstić information content (AvgIpc) is 3.13. The minimum absolute atomic E-state index is 0.0834. The first-order chi connectivity index (χ1) is 16.2. The molecule has 1 saturated carbocycles. The fraction of sp³-hybridized carbons (Fsp3) is 0.208. The van der Waals surface area contributed by atoms with E-state index in [-0.39, 0.29) is 36.1 Å². The Morgan fingerprint density at radius 3 is 2.62 bits per heavy atom. The van der Waals surface area contributed by atoms with Gasteiger partial charge in [-0.3, -0.25) is 4.79 Å². The highest BCUT2D eigenvalue weighted by Gasteiger charge is 2.42. The van der Waals surface area contributed by atoms with Gasteiger partial charge in [0.2, 0.25) is 0 Å². The van der Waals surface area contributed by atoms with Gasteiger partial charge in [0.05, 0.1) is 24.4 Å². The second kappa shape index (κ2) is 7.79. The lowest BCUT2D eigenvalue weighted by Crippen LogP contribution is -2.52. The minimum Gasteiger partial charge on any atom is -0.496 e. The van der Waals surface area contributed by atoms with E-state index in [4.69, 9.17) is 21.9 Å². The summed E-state index contributed by atoms with van der Waals surface area (Å²) in [5, 5.41) is 15.2. The van der Waals surface area contributed by atoms with Crippen LogP contribution in [0.3, 0.4) is 0 Å². The van der Waals surface area contributed by atoms with Crippen molar-refractivity contribution in [1.29, 1.82) is 0 Å². The first-order valence-electron chi connectivity index (χ1n) is 10.6. The quantitative estimate of drug-likeness (QED) is 0.332. The van der Waals surface area contributed by atoms with Gasteiger partial charge < -0.3 is 27.0 Å². The maximum Gasteiger partial charge on any atom is 0.254 e. The van der Waals surface area contributed by atoms with Gasteiger partial charge in [-0.15, -0.1) is 0 Å². The molecule has 4 aromatic rings. The number of halogens is 1. The molecule has 174 valence electrons. The highest BCUT2D eigenvalue weighted by molar-refractivity contribution is 6.04. The summed E-state index contributed by atoms with van der Waals surface area (Å²) in [6.45, 7) is 0. The molecule has 0 atom stereocenters. The Balaban J connectivity index is 1.65. The molecule has 1 aliphatic carbocycles. The molecule has 34 heavy (non-hydrogen) atoms. The van der Waals surface area contributed by atoms with Crippen LogP contribution in [0.2, 0.25) is 0 Å². The summed E-state index contributed by atoms with van der Waals surface area (Å²) in [7, 11) is 1.54. The first kappa shape index (κ1) is 21.8. The number of nitrogens with two attached hydrogens (primary N) is 3. The number of aromatic nitrogens is 3. The maximum absolute atomic E-state index is 13.8. The second-order valence-electron chi connectivity index (χ2n) is 8.54. The number of carbonyl (C=O) groups is 1.